The Kier molecular flexibility index (Phi) is 5.89. The number of anilines is 1. The van der Waals surface area contributed by atoms with Gasteiger partial charge in [0.2, 0.25) is 10.0 Å². The van der Waals surface area contributed by atoms with Crippen LogP contribution in [0.3, 0.4) is 0 Å². The molecule has 0 unspecified atom stereocenters. The Morgan fingerprint density at radius 1 is 1.11 bits per heavy atom. The molecule has 0 atom stereocenters. The SMILES string of the molecule is Cc1ccc(NC(=O)c2ccc(S(=O)(=O)N3CCC(C)CC3)cc2)c(Cl)c1. The second-order valence-electron chi connectivity index (χ2n) is 7.05. The number of nitrogens with zero attached hydrogens (tertiary/aromatic N) is 1. The van der Waals surface area contributed by atoms with Crippen LogP contribution in [0.1, 0.15) is 35.7 Å². The highest BCUT2D eigenvalue weighted by Crippen LogP contribution is 2.25. The zero-order valence-corrected chi connectivity index (χ0v) is 17.0. The molecule has 1 aliphatic rings. The fourth-order valence-electron chi connectivity index (χ4n) is 3.07. The van der Waals surface area contributed by atoms with E-state index in [9.17, 15) is 13.2 Å². The molecular formula is C20H23ClN2O3S. The largest absolute Gasteiger partial charge is 0.321 e. The Balaban J connectivity index is 1.73. The summed E-state index contributed by atoms with van der Waals surface area (Å²) in [4.78, 5) is 12.6. The lowest BCUT2D eigenvalue weighted by Gasteiger charge is -2.29. The number of carbonyl (C=O) groups is 1. The summed E-state index contributed by atoms with van der Waals surface area (Å²) in [6, 6.07) is 11.4. The van der Waals surface area contributed by atoms with Gasteiger partial charge in [-0.1, -0.05) is 24.6 Å². The molecular weight excluding hydrogens is 384 g/mol. The second kappa shape index (κ2) is 8.00. The van der Waals surface area contributed by atoms with Crippen LogP contribution in [0.5, 0.6) is 0 Å². The van der Waals surface area contributed by atoms with Crippen molar-refractivity contribution < 1.29 is 13.2 Å². The number of nitrogens with one attached hydrogen (secondary N) is 1. The smallest absolute Gasteiger partial charge is 0.255 e. The van der Waals surface area contributed by atoms with Gasteiger partial charge in [-0.3, -0.25) is 4.79 Å². The molecule has 0 aliphatic carbocycles. The number of benzene rings is 2. The number of hydrogen-bond acceptors (Lipinski definition) is 3. The number of halogens is 1. The summed E-state index contributed by atoms with van der Waals surface area (Å²) in [5, 5.41) is 3.21. The van der Waals surface area contributed by atoms with Gasteiger partial charge in [-0.05, 0) is 67.6 Å². The van der Waals surface area contributed by atoms with Crippen LogP contribution in [0.4, 0.5) is 5.69 Å². The number of hydrogen-bond donors (Lipinski definition) is 1. The third kappa shape index (κ3) is 4.51. The molecule has 5 nitrogen and oxygen atoms in total. The van der Waals surface area contributed by atoms with Crippen molar-refractivity contribution in [3.8, 4) is 0 Å². The number of aryl methyl sites for hydroxylation is 1. The summed E-state index contributed by atoms with van der Waals surface area (Å²) < 4.78 is 27.0. The normalized spacial score (nSPS) is 16.3. The van der Waals surface area contributed by atoms with E-state index in [1.54, 1.807) is 12.1 Å². The first-order chi connectivity index (χ1) is 12.8. The second-order valence-corrected chi connectivity index (χ2v) is 9.39. The minimum Gasteiger partial charge on any atom is -0.321 e. The predicted octanol–water partition coefficient (Wildman–Crippen LogP) is 4.32. The van der Waals surface area contributed by atoms with Crippen molar-refractivity contribution in [1.29, 1.82) is 0 Å². The van der Waals surface area contributed by atoms with E-state index >= 15 is 0 Å². The molecule has 2 aromatic carbocycles. The maximum Gasteiger partial charge on any atom is 0.255 e. The van der Waals surface area contributed by atoms with Crippen molar-refractivity contribution in [2.45, 2.75) is 31.6 Å². The highest BCUT2D eigenvalue weighted by Gasteiger charge is 2.28. The van der Waals surface area contributed by atoms with Gasteiger partial charge in [0, 0.05) is 18.7 Å². The van der Waals surface area contributed by atoms with Crippen LogP contribution < -0.4 is 5.32 Å². The van der Waals surface area contributed by atoms with Crippen molar-refractivity contribution in [3.63, 3.8) is 0 Å². The summed E-state index contributed by atoms with van der Waals surface area (Å²) in [7, 11) is -3.52. The van der Waals surface area contributed by atoms with E-state index in [-0.39, 0.29) is 10.8 Å². The van der Waals surface area contributed by atoms with E-state index < -0.39 is 10.0 Å². The summed E-state index contributed by atoms with van der Waals surface area (Å²) in [6.45, 7) is 5.13. The van der Waals surface area contributed by atoms with E-state index in [0.29, 0.717) is 35.3 Å². The summed E-state index contributed by atoms with van der Waals surface area (Å²) >= 11 is 6.14. The Labute approximate surface area is 165 Å². The van der Waals surface area contributed by atoms with Crippen LogP contribution in [0, 0.1) is 12.8 Å². The van der Waals surface area contributed by atoms with Crippen molar-refractivity contribution in [2.24, 2.45) is 5.92 Å². The average molecular weight is 407 g/mol. The van der Waals surface area contributed by atoms with Crippen molar-refractivity contribution in [2.75, 3.05) is 18.4 Å². The first kappa shape index (κ1) is 19.9. The number of amides is 1. The van der Waals surface area contributed by atoms with Crippen LogP contribution in [-0.4, -0.2) is 31.7 Å². The first-order valence-corrected chi connectivity index (χ1v) is 10.8. The fraction of sp³-hybridized carbons (Fsp3) is 0.350. The molecule has 2 aromatic rings. The van der Waals surface area contributed by atoms with Gasteiger partial charge in [0.15, 0.2) is 0 Å². The highest BCUT2D eigenvalue weighted by molar-refractivity contribution is 7.89. The van der Waals surface area contributed by atoms with Crippen LogP contribution >= 0.6 is 11.6 Å². The van der Waals surface area contributed by atoms with Gasteiger partial charge in [-0.15, -0.1) is 0 Å². The van der Waals surface area contributed by atoms with Gasteiger partial charge in [-0.2, -0.15) is 4.31 Å². The Morgan fingerprint density at radius 3 is 2.33 bits per heavy atom. The third-order valence-electron chi connectivity index (χ3n) is 4.87. The maximum absolute atomic E-state index is 12.8. The topological polar surface area (TPSA) is 66.5 Å². The third-order valence-corrected chi connectivity index (χ3v) is 7.10. The van der Waals surface area contributed by atoms with Gasteiger partial charge in [-0.25, -0.2) is 8.42 Å². The lowest BCUT2D eigenvalue weighted by atomic mass is 10.0. The molecule has 0 spiro atoms. The van der Waals surface area contributed by atoms with Gasteiger partial charge in [0.05, 0.1) is 15.6 Å². The molecule has 1 fully saturated rings. The lowest BCUT2D eigenvalue weighted by molar-refractivity contribution is 0.102. The van der Waals surface area contributed by atoms with Gasteiger partial charge in [0.1, 0.15) is 0 Å². The average Bonchev–Trinajstić information content (AvgIpc) is 2.64. The van der Waals surface area contributed by atoms with Gasteiger partial charge >= 0.3 is 0 Å². The molecule has 144 valence electrons. The van der Waals surface area contributed by atoms with Crippen molar-refractivity contribution >= 4 is 33.2 Å². The standard InChI is InChI=1S/C20H23ClN2O3S/c1-14-9-11-23(12-10-14)27(25,26)17-6-4-16(5-7-17)20(24)22-19-8-3-15(2)13-18(19)21/h3-8,13-14H,9-12H2,1-2H3,(H,22,24). The summed E-state index contributed by atoms with van der Waals surface area (Å²) in [6.07, 6.45) is 1.74. The summed E-state index contributed by atoms with van der Waals surface area (Å²) in [5.41, 5.74) is 1.89. The zero-order valence-electron chi connectivity index (χ0n) is 15.4. The zero-order chi connectivity index (χ0) is 19.6. The fourth-order valence-corrected chi connectivity index (χ4v) is 4.82. The Hall–Kier alpha value is -1.89. The lowest BCUT2D eigenvalue weighted by Crippen LogP contribution is -2.37. The van der Waals surface area contributed by atoms with Crippen LogP contribution in [0.2, 0.25) is 5.02 Å². The highest BCUT2D eigenvalue weighted by atomic mass is 35.5. The van der Waals surface area contributed by atoms with Crippen LogP contribution in [0.25, 0.3) is 0 Å². The minimum atomic E-state index is -3.52. The predicted molar refractivity (Wildman–Crippen MR) is 108 cm³/mol. The monoisotopic (exact) mass is 406 g/mol. The number of piperidine rings is 1. The minimum absolute atomic E-state index is 0.210. The Morgan fingerprint density at radius 2 is 1.74 bits per heavy atom. The number of rotatable bonds is 4. The van der Waals surface area contributed by atoms with E-state index in [0.717, 1.165) is 18.4 Å². The first-order valence-electron chi connectivity index (χ1n) is 8.95. The maximum atomic E-state index is 12.8. The molecule has 1 heterocycles. The quantitative estimate of drug-likeness (QED) is 0.822. The summed E-state index contributed by atoms with van der Waals surface area (Å²) in [5.74, 6) is 0.215. The number of carbonyl (C=O) groups excluding carboxylic acids is 1. The molecule has 1 aliphatic heterocycles. The van der Waals surface area contributed by atoms with Crippen molar-refractivity contribution in [1.82, 2.24) is 4.31 Å². The van der Waals surface area contributed by atoms with E-state index in [1.165, 1.54) is 28.6 Å². The van der Waals surface area contributed by atoms with E-state index in [1.807, 2.05) is 13.0 Å². The Bertz CT molecular complexity index is 934. The van der Waals surface area contributed by atoms with E-state index in [2.05, 4.69) is 12.2 Å². The van der Waals surface area contributed by atoms with Gasteiger partial charge in [0.25, 0.3) is 5.91 Å². The molecule has 1 amide bonds. The molecule has 1 saturated heterocycles. The van der Waals surface area contributed by atoms with Crippen LogP contribution in [0.15, 0.2) is 47.4 Å². The molecule has 3 rings (SSSR count). The number of sulfonamides is 1. The van der Waals surface area contributed by atoms with Crippen LogP contribution in [-0.2, 0) is 10.0 Å². The van der Waals surface area contributed by atoms with Gasteiger partial charge < -0.3 is 5.32 Å². The molecule has 0 aromatic heterocycles. The molecule has 0 bridgehead atoms. The molecule has 27 heavy (non-hydrogen) atoms. The molecule has 1 N–H and O–H groups in total. The van der Waals surface area contributed by atoms with Crippen molar-refractivity contribution in [3.05, 3.63) is 58.6 Å². The van der Waals surface area contributed by atoms with E-state index in [4.69, 9.17) is 11.6 Å². The molecule has 0 saturated carbocycles. The molecule has 7 heteroatoms. The molecule has 0 radical (unpaired) electrons.